The standard InChI is InChI=1S/C12H21F2NO/c1-9(2)5-3-4-6-11(16)15-10-7-12(13,14)8-10/h9-10H,3-8H2,1-2H3,(H,15,16). The first-order valence-corrected chi connectivity index (χ1v) is 6.06. The molecule has 0 bridgehead atoms. The van der Waals surface area contributed by atoms with Gasteiger partial charge >= 0.3 is 0 Å². The quantitative estimate of drug-likeness (QED) is 0.702. The van der Waals surface area contributed by atoms with E-state index in [2.05, 4.69) is 19.2 Å². The Balaban J connectivity index is 2.00. The Hall–Kier alpha value is -0.670. The summed E-state index contributed by atoms with van der Waals surface area (Å²) in [7, 11) is 0. The fourth-order valence-corrected chi connectivity index (χ4v) is 1.90. The molecule has 1 fully saturated rings. The van der Waals surface area contributed by atoms with Gasteiger partial charge in [-0.05, 0) is 12.3 Å². The molecule has 0 unspecified atom stereocenters. The minimum Gasteiger partial charge on any atom is -0.353 e. The zero-order valence-corrected chi connectivity index (χ0v) is 10.1. The van der Waals surface area contributed by atoms with E-state index in [1.54, 1.807) is 0 Å². The lowest BCUT2D eigenvalue weighted by molar-refractivity contribution is -0.129. The fourth-order valence-electron chi connectivity index (χ4n) is 1.90. The molecule has 1 aliphatic carbocycles. The third-order valence-electron chi connectivity index (χ3n) is 2.89. The highest BCUT2D eigenvalue weighted by atomic mass is 19.3. The predicted molar refractivity (Wildman–Crippen MR) is 59.4 cm³/mol. The van der Waals surface area contributed by atoms with Crippen LogP contribution in [0.2, 0.25) is 0 Å². The van der Waals surface area contributed by atoms with E-state index in [0.717, 1.165) is 19.3 Å². The largest absolute Gasteiger partial charge is 0.353 e. The van der Waals surface area contributed by atoms with Crippen LogP contribution in [-0.4, -0.2) is 17.9 Å². The third-order valence-corrected chi connectivity index (χ3v) is 2.89. The van der Waals surface area contributed by atoms with Gasteiger partial charge in [0.1, 0.15) is 0 Å². The Labute approximate surface area is 95.8 Å². The molecule has 0 radical (unpaired) electrons. The minimum atomic E-state index is -2.55. The summed E-state index contributed by atoms with van der Waals surface area (Å²) >= 11 is 0. The number of nitrogens with one attached hydrogen (secondary N) is 1. The van der Waals surface area contributed by atoms with Gasteiger partial charge in [0.2, 0.25) is 5.91 Å². The summed E-state index contributed by atoms with van der Waals surface area (Å²) in [4.78, 5) is 11.3. The summed E-state index contributed by atoms with van der Waals surface area (Å²) < 4.78 is 25.0. The molecule has 1 N–H and O–H groups in total. The van der Waals surface area contributed by atoms with Crippen LogP contribution in [0.25, 0.3) is 0 Å². The number of hydrogen-bond acceptors (Lipinski definition) is 1. The van der Waals surface area contributed by atoms with Crippen LogP contribution < -0.4 is 5.32 Å². The molecule has 1 saturated carbocycles. The maximum absolute atomic E-state index is 12.5. The summed E-state index contributed by atoms with van der Waals surface area (Å²) in [5, 5.41) is 2.64. The van der Waals surface area contributed by atoms with Crippen LogP contribution in [0, 0.1) is 5.92 Å². The lowest BCUT2D eigenvalue weighted by atomic mass is 9.88. The van der Waals surface area contributed by atoms with Gasteiger partial charge in [0.25, 0.3) is 5.92 Å². The van der Waals surface area contributed by atoms with Crippen LogP contribution in [0.5, 0.6) is 0 Å². The van der Waals surface area contributed by atoms with E-state index in [4.69, 9.17) is 0 Å². The van der Waals surface area contributed by atoms with Gasteiger partial charge in [-0.3, -0.25) is 4.79 Å². The molecule has 1 rings (SSSR count). The fraction of sp³-hybridized carbons (Fsp3) is 0.917. The van der Waals surface area contributed by atoms with Gasteiger partial charge < -0.3 is 5.32 Å². The van der Waals surface area contributed by atoms with E-state index in [9.17, 15) is 13.6 Å². The molecule has 1 amide bonds. The molecule has 0 spiro atoms. The Bertz CT molecular complexity index is 233. The first-order valence-electron chi connectivity index (χ1n) is 6.06. The molecule has 16 heavy (non-hydrogen) atoms. The summed E-state index contributed by atoms with van der Waals surface area (Å²) in [5.41, 5.74) is 0. The molecule has 0 heterocycles. The van der Waals surface area contributed by atoms with E-state index in [1.165, 1.54) is 0 Å². The van der Waals surface area contributed by atoms with Crippen molar-refractivity contribution in [2.45, 2.75) is 64.3 Å². The van der Waals surface area contributed by atoms with Gasteiger partial charge in [-0.1, -0.05) is 26.7 Å². The van der Waals surface area contributed by atoms with Gasteiger partial charge in [-0.2, -0.15) is 0 Å². The lowest BCUT2D eigenvalue weighted by Gasteiger charge is -2.35. The third kappa shape index (κ3) is 4.90. The SMILES string of the molecule is CC(C)CCCCC(=O)NC1CC(F)(F)C1. The van der Waals surface area contributed by atoms with E-state index in [-0.39, 0.29) is 24.8 Å². The van der Waals surface area contributed by atoms with Crippen molar-refractivity contribution in [1.82, 2.24) is 5.32 Å². The number of carbonyl (C=O) groups excluding carboxylic acids is 1. The maximum Gasteiger partial charge on any atom is 0.252 e. The molecule has 1 aliphatic rings. The number of rotatable bonds is 6. The summed E-state index contributed by atoms with van der Waals surface area (Å²) in [6, 6.07) is -0.299. The Kier molecular flexibility index (Phi) is 4.69. The summed E-state index contributed by atoms with van der Waals surface area (Å²) in [6.45, 7) is 4.30. The lowest BCUT2D eigenvalue weighted by Crippen LogP contribution is -2.50. The molecular formula is C12H21F2NO. The zero-order chi connectivity index (χ0) is 12.2. The number of unbranched alkanes of at least 4 members (excludes halogenated alkanes) is 1. The van der Waals surface area contributed by atoms with Crippen LogP contribution in [0.15, 0.2) is 0 Å². The van der Waals surface area contributed by atoms with E-state index in [1.807, 2.05) is 0 Å². The van der Waals surface area contributed by atoms with Crippen molar-refractivity contribution in [3.8, 4) is 0 Å². The molecule has 0 aromatic carbocycles. The minimum absolute atomic E-state index is 0.0794. The van der Waals surface area contributed by atoms with Crippen LogP contribution in [-0.2, 0) is 4.79 Å². The van der Waals surface area contributed by atoms with Crippen LogP contribution in [0.3, 0.4) is 0 Å². The molecule has 0 atom stereocenters. The monoisotopic (exact) mass is 233 g/mol. The van der Waals surface area contributed by atoms with Gasteiger partial charge in [0.05, 0.1) is 0 Å². The second kappa shape index (κ2) is 5.60. The van der Waals surface area contributed by atoms with Crippen molar-refractivity contribution in [2.24, 2.45) is 5.92 Å². The number of amides is 1. The number of alkyl halides is 2. The van der Waals surface area contributed by atoms with Gasteiger partial charge in [-0.15, -0.1) is 0 Å². The van der Waals surface area contributed by atoms with Crippen LogP contribution in [0.4, 0.5) is 8.78 Å². The van der Waals surface area contributed by atoms with E-state index < -0.39 is 5.92 Å². The highest BCUT2D eigenvalue weighted by molar-refractivity contribution is 5.76. The Morgan fingerprint density at radius 3 is 2.50 bits per heavy atom. The zero-order valence-electron chi connectivity index (χ0n) is 10.1. The molecule has 0 saturated heterocycles. The molecular weight excluding hydrogens is 212 g/mol. The van der Waals surface area contributed by atoms with Crippen molar-refractivity contribution in [2.75, 3.05) is 0 Å². The van der Waals surface area contributed by atoms with Gasteiger partial charge in [0, 0.05) is 25.3 Å². The molecule has 0 aliphatic heterocycles. The second-order valence-electron chi connectivity index (χ2n) is 5.17. The Morgan fingerprint density at radius 2 is 2.00 bits per heavy atom. The average Bonchev–Trinajstić information content (AvgIpc) is 2.09. The Morgan fingerprint density at radius 1 is 1.38 bits per heavy atom. The predicted octanol–water partition coefficient (Wildman–Crippen LogP) is 3.12. The molecule has 0 aromatic heterocycles. The van der Waals surface area contributed by atoms with Crippen molar-refractivity contribution in [3.63, 3.8) is 0 Å². The number of hydrogen-bond donors (Lipinski definition) is 1. The topological polar surface area (TPSA) is 29.1 Å². The molecule has 2 nitrogen and oxygen atoms in total. The van der Waals surface area contributed by atoms with Gasteiger partial charge in [-0.25, -0.2) is 8.78 Å². The number of carbonyl (C=O) groups is 1. The van der Waals surface area contributed by atoms with Crippen molar-refractivity contribution in [1.29, 1.82) is 0 Å². The molecule has 94 valence electrons. The first kappa shape index (κ1) is 13.4. The first-order chi connectivity index (χ1) is 7.39. The summed E-state index contributed by atoms with van der Waals surface area (Å²) in [5.74, 6) is -1.96. The highest BCUT2D eigenvalue weighted by Crippen LogP contribution is 2.37. The van der Waals surface area contributed by atoms with Crippen molar-refractivity contribution in [3.05, 3.63) is 0 Å². The second-order valence-corrected chi connectivity index (χ2v) is 5.17. The molecule has 4 heteroatoms. The van der Waals surface area contributed by atoms with Gasteiger partial charge in [0.15, 0.2) is 0 Å². The number of halogens is 2. The molecule has 0 aromatic rings. The van der Waals surface area contributed by atoms with E-state index >= 15 is 0 Å². The maximum atomic E-state index is 12.5. The normalized spacial score (nSPS) is 19.6. The highest BCUT2D eigenvalue weighted by Gasteiger charge is 2.45. The summed E-state index contributed by atoms with van der Waals surface area (Å²) in [6.07, 6.45) is 3.10. The van der Waals surface area contributed by atoms with Crippen LogP contribution >= 0.6 is 0 Å². The van der Waals surface area contributed by atoms with Crippen molar-refractivity contribution < 1.29 is 13.6 Å². The van der Waals surface area contributed by atoms with E-state index in [0.29, 0.717) is 12.3 Å². The van der Waals surface area contributed by atoms with Crippen molar-refractivity contribution >= 4 is 5.91 Å². The average molecular weight is 233 g/mol. The smallest absolute Gasteiger partial charge is 0.252 e. The van der Waals surface area contributed by atoms with Crippen LogP contribution in [0.1, 0.15) is 52.4 Å².